The minimum Gasteiger partial charge on any atom is -0.429 e. The summed E-state index contributed by atoms with van der Waals surface area (Å²) in [5.74, 6) is 0. The zero-order valence-electron chi connectivity index (χ0n) is 2.93. The molecule has 0 heterocycles. The van der Waals surface area contributed by atoms with E-state index in [4.69, 9.17) is 33.2 Å². The van der Waals surface area contributed by atoms with Crippen LogP contribution in [0.3, 0.4) is 0 Å². The molecule has 0 unspecified atom stereocenters. The van der Waals surface area contributed by atoms with Crippen LogP contribution in [0.4, 0.5) is 0 Å². The van der Waals surface area contributed by atoms with Crippen LogP contribution in [0, 0.1) is 0 Å². The quantitative estimate of drug-likeness (QED) is 0.355. The predicted octanol–water partition coefficient (Wildman–Crippen LogP) is -0.0733. The summed E-state index contributed by atoms with van der Waals surface area (Å²) in [6.45, 7) is 0. The molecule has 6 heavy (non-hydrogen) atoms. The summed E-state index contributed by atoms with van der Waals surface area (Å²) in [6.07, 6.45) is 0. The second-order valence-corrected chi connectivity index (χ2v) is 1.02. The number of hydrogen-bond donors (Lipinski definition) is 2. The Bertz CT molecular complexity index is 13.5. The molecule has 2 N–H and O–H groups in total. The Morgan fingerprint density at radius 2 is 1.33 bits per heavy atom. The molecule has 0 rings (SSSR count). The second-order valence-electron chi connectivity index (χ2n) is 0.216. The Kier molecular flexibility index (Phi) is 28.7. The SMILES string of the molecule is ClCCl.O[B]O. The normalized spacial score (nSPS) is 5.33. The highest BCUT2D eigenvalue weighted by molar-refractivity contribution is 6.40. The molecule has 0 aliphatic carbocycles. The van der Waals surface area contributed by atoms with Gasteiger partial charge in [-0.1, -0.05) is 0 Å². The highest BCUT2D eigenvalue weighted by Crippen LogP contribution is 1.73. The van der Waals surface area contributed by atoms with Crippen molar-refractivity contribution in [1.82, 2.24) is 0 Å². The second kappa shape index (κ2) is 17.6. The van der Waals surface area contributed by atoms with Gasteiger partial charge in [-0.05, 0) is 0 Å². The van der Waals surface area contributed by atoms with E-state index < -0.39 is 0 Å². The van der Waals surface area contributed by atoms with Gasteiger partial charge in [0.05, 0.1) is 5.34 Å². The molecular weight excluding hydrogens is 126 g/mol. The summed E-state index contributed by atoms with van der Waals surface area (Å²) < 4.78 is 0. The lowest BCUT2D eigenvalue weighted by Gasteiger charge is -1.46. The maximum absolute atomic E-state index is 7.00. The molecule has 0 aromatic heterocycles. The minimum absolute atomic E-state index is 0. The number of rotatable bonds is 0. The number of halogens is 2. The molecule has 37 valence electrons. The summed E-state index contributed by atoms with van der Waals surface area (Å²) in [6, 6.07) is 0. The van der Waals surface area contributed by atoms with Crippen molar-refractivity contribution in [2.45, 2.75) is 0 Å². The first-order valence-corrected chi connectivity index (χ1v) is 2.12. The van der Waals surface area contributed by atoms with Gasteiger partial charge in [-0.3, -0.25) is 0 Å². The molecule has 0 bridgehead atoms. The van der Waals surface area contributed by atoms with Crippen LogP contribution in [0.1, 0.15) is 0 Å². The average molecular weight is 130 g/mol. The van der Waals surface area contributed by atoms with Crippen molar-refractivity contribution >= 4 is 30.9 Å². The van der Waals surface area contributed by atoms with Gasteiger partial charge in [-0.25, -0.2) is 0 Å². The van der Waals surface area contributed by atoms with E-state index in [0.717, 1.165) is 0 Å². The van der Waals surface area contributed by atoms with Gasteiger partial charge in [-0.15, -0.1) is 23.2 Å². The summed E-state index contributed by atoms with van der Waals surface area (Å²) in [4.78, 5) is 0. The standard InChI is InChI=1S/CH2Cl2.BH2O2/c2*2-1-3/h1H2;2-3H. The highest BCUT2D eigenvalue weighted by Gasteiger charge is 1.51. The van der Waals surface area contributed by atoms with Crippen LogP contribution in [-0.4, -0.2) is 23.1 Å². The van der Waals surface area contributed by atoms with Crippen LogP contribution in [0.15, 0.2) is 0 Å². The van der Waals surface area contributed by atoms with Gasteiger partial charge >= 0.3 is 7.69 Å². The van der Waals surface area contributed by atoms with Crippen molar-refractivity contribution in [2.24, 2.45) is 0 Å². The Morgan fingerprint density at radius 1 is 1.33 bits per heavy atom. The van der Waals surface area contributed by atoms with E-state index in [0.29, 0.717) is 0 Å². The third-order valence-electron chi connectivity index (χ3n) is 0. The van der Waals surface area contributed by atoms with E-state index in [9.17, 15) is 0 Å². The number of hydrogen-bond acceptors (Lipinski definition) is 2. The van der Waals surface area contributed by atoms with Crippen molar-refractivity contribution in [1.29, 1.82) is 0 Å². The van der Waals surface area contributed by atoms with Gasteiger partial charge in [0.2, 0.25) is 0 Å². The topological polar surface area (TPSA) is 40.5 Å². The smallest absolute Gasteiger partial charge is 0.429 e. The molecule has 5 heteroatoms. The zero-order chi connectivity index (χ0) is 5.41. The van der Waals surface area contributed by atoms with Crippen molar-refractivity contribution < 1.29 is 10.0 Å². The first-order valence-electron chi connectivity index (χ1n) is 1.05. The van der Waals surface area contributed by atoms with Crippen LogP contribution < -0.4 is 0 Å². The molecule has 2 nitrogen and oxygen atoms in total. The van der Waals surface area contributed by atoms with Gasteiger partial charge in [0.15, 0.2) is 0 Å². The molecule has 0 atom stereocenters. The van der Waals surface area contributed by atoms with Crippen LogP contribution in [-0.2, 0) is 0 Å². The number of alkyl halides is 2. The minimum atomic E-state index is 0. The van der Waals surface area contributed by atoms with Gasteiger partial charge in [0.25, 0.3) is 0 Å². The largest absolute Gasteiger partial charge is 0.482 e. The van der Waals surface area contributed by atoms with E-state index in [-0.39, 0.29) is 13.0 Å². The van der Waals surface area contributed by atoms with Crippen molar-refractivity contribution in [3.8, 4) is 0 Å². The average Bonchev–Trinajstić information content (AvgIpc) is 1.39. The molecular formula is CH4BCl2O2. The van der Waals surface area contributed by atoms with Crippen molar-refractivity contribution in [3.05, 3.63) is 0 Å². The molecule has 0 aliphatic rings. The monoisotopic (exact) mass is 129 g/mol. The lowest BCUT2D eigenvalue weighted by molar-refractivity contribution is 0.448. The zero-order valence-corrected chi connectivity index (χ0v) is 4.45. The first-order chi connectivity index (χ1) is 2.83. The summed E-state index contributed by atoms with van der Waals surface area (Å²) in [7, 11) is 0. The van der Waals surface area contributed by atoms with Crippen LogP contribution >= 0.6 is 23.2 Å². The molecule has 0 aromatic carbocycles. The molecule has 0 aliphatic heterocycles. The summed E-state index contributed by atoms with van der Waals surface area (Å²) in [5, 5.41) is 14.2. The fourth-order valence-corrected chi connectivity index (χ4v) is 0. The van der Waals surface area contributed by atoms with Crippen LogP contribution in [0.25, 0.3) is 0 Å². The van der Waals surface area contributed by atoms with E-state index in [1.807, 2.05) is 0 Å². The Balaban J connectivity index is 0. The Hall–Kier alpha value is 0.565. The molecule has 0 saturated carbocycles. The van der Waals surface area contributed by atoms with Crippen LogP contribution in [0.2, 0.25) is 0 Å². The van der Waals surface area contributed by atoms with Gasteiger partial charge in [-0.2, -0.15) is 0 Å². The van der Waals surface area contributed by atoms with Crippen molar-refractivity contribution in [2.75, 3.05) is 5.34 Å². The molecule has 0 spiro atoms. The molecule has 0 saturated heterocycles. The maximum Gasteiger partial charge on any atom is 0.482 e. The highest BCUT2D eigenvalue weighted by atomic mass is 35.5. The fourth-order valence-electron chi connectivity index (χ4n) is 0. The van der Waals surface area contributed by atoms with E-state index in [1.165, 1.54) is 0 Å². The maximum atomic E-state index is 7.00. The van der Waals surface area contributed by atoms with Gasteiger partial charge < -0.3 is 10.0 Å². The predicted molar refractivity (Wildman–Crippen MR) is 26.8 cm³/mol. The Labute approximate surface area is 47.0 Å². The molecule has 0 fully saturated rings. The van der Waals surface area contributed by atoms with Crippen LogP contribution in [0.5, 0.6) is 0 Å². The summed E-state index contributed by atoms with van der Waals surface area (Å²) in [5.41, 5.74) is 0. The fraction of sp³-hybridized carbons (Fsp3) is 1.00. The first kappa shape index (κ1) is 9.76. The molecule has 0 amide bonds. The lowest BCUT2D eigenvalue weighted by atomic mass is 10.5. The van der Waals surface area contributed by atoms with Gasteiger partial charge in [0.1, 0.15) is 0 Å². The summed E-state index contributed by atoms with van der Waals surface area (Å²) >= 11 is 9.53. The molecule has 0 aromatic rings. The third-order valence-corrected chi connectivity index (χ3v) is 0. The lowest BCUT2D eigenvalue weighted by Crippen LogP contribution is -1.75. The van der Waals surface area contributed by atoms with E-state index >= 15 is 0 Å². The third kappa shape index (κ3) is 182. The van der Waals surface area contributed by atoms with Crippen molar-refractivity contribution in [3.63, 3.8) is 0 Å². The van der Waals surface area contributed by atoms with E-state index in [2.05, 4.69) is 0 Å². The molecule has 1 radical (unpaired) electrons. The Morgan fingerprint density at radius 3 is 1.33 bits per heavy atom. The van der Waals surface area contributed by atoms with Gasteiger partial charge in [0, 0.05) is 0 Å². The van der Waals surface area contributed by atoms with E-state index in [1.54, 1.807) is 0 Å².